The number of nitrogens with zero attached hydrogens (tertiary/aromatic N) is 2. The number of aldehydes is 1. The first-order valence-corrected chi connectivity index (χ1v) is 9.12. The third-order valence-corrected chi connectivity index (χ3v) is 4.98. The fraction of sp³-hybridized carbons (Fsp3) is 0.438. The van der Waals surface area contributed by atoms with Crippen molar-refractivity contribution >= 4 is 17.1 Å². The van der Waals surface area contributed by atoms with Crippen LogP contribution in [0.3, 0.4) is 0 Å². The normalized spacial score (nSPS) is 17.3. The summed E-state index contributed by atoms with van der Waals surface area (Å²) < 4.78 is 55.7. The van der Waals surface area contributed by atoms with Gasteiger partial charge in [0.1, 0.15) is 17.7 Å². The Balaban J connectivity index is 2.11. The first kappa shape index (κ1) is 17.8. The van der Waals surface area contributed by atoms with Crippen LogP contribution < -0.4 is 0 Å². The maximum atomic E-state index is 12.8. The lowest BCUT2D eigenvalue weighted by Crippen LogP contribution is -2.13. The van der Waals surface area contributed by atoms with Crippen molar-refractivity contribution in [1.29, 1.82) is 0 Å². The minimum Gasteiger partial charge on any atom is -0.360 e. The van der Waals surface area contributed by atoms with Gasteiger partial charge in [-0.25, -0.2) is 4.98 Å². The number of hydrogen-bond donors (Lipinski definition) is 0. The van der Waals surface area contributed by atoms with Crippen molar-refractivity contribution in [3.8, 4) is 0 Å². The standard InChI is InChI=1S/C16H15F3N2O3S/c1-8-10(5-6-12(20-8)16(17,18)19)11(7-22)13-14(9-3-4-9)24-21-15(13)25(2)23/h5-7,9,11H,3-4H2,1-2H3. The van der Waals surface area contributed by atoms with Gasteiger partial charge in [0.25, 0.3) is 0 Å². The number of pyridine rings is 1. The van der Waals surface area contributed by atoms with Crippen molar-refractivity contribution in [3.05, 3.63) is 40.4 Å². The van der Waals surface area contributed by atoms with E-state index in [1.54, 1.807) is 0 Å². The first-order chi connectivity index (χ1) is 11.7. The Kier molecular flexibility index (Phi) is 4.52. The van der Waals surface area contributed by atoms with E-state index in [0.29, 0.717) is 23.2 Å². The number of aromatic nitrogens is 2. The Labute approximate surface area is 144 Å². The molecule has 2 aromatic rings. The van der Waals surface area contributed by atoms with Gasteiger partial charge in [-0.2, -0.15) is 13.2 Å². The third-order valence-electron chi connectivity index (χ3n) is 4.14. The van der Waals surface area contributed by atoms with Gasteiger partial charge < -0.3 is 9.32 Å². The minimum absolute atomic E-state index is 0.0858. The average Bonchev–Trinajstić information content (AvgIpc) is 3.28. The van der Waals surface area contributed by atoms with E-state index in [-0.39, 0.29) is 16.6 Å². The molecule has 0 radical (unpaired) electrons. The van der Waals surface area contributed by atoms with E-state index < -0.39 is 28.6 Å². The van der Waals surface area contributed by atoms with Crippen LogP contribution >= 0.6 is 0 Å². The lowest BCUT2D eigenvalue weighted by molar-refractivity contribution is -0.141. The summed E-state index contributed by atoms with van der Waals surface area (Å²) in [6.45, 7) is 1.41. The Morgan fingerprint density at radius 2 is 2.04 bits per heavy atom. The first-order valence-electron chi connectivity index (χ1n) is 7.57. The largest absolute Gasteiger partial charge is 0.433 e. The van der Waals surface area contributed by atoms with Gasteiger partial charge in [0.05, 0.1) is 16.7 Å². The van der Waals surface area contributed by atoms with Gasteiger partial charge in [0.15, 0.2) is 5.03 Å². The van der Waals surface area contributed by atoms with Crippen molar-refractivity contribution in [2.24, 2.45) is 0 Å². The number of halogens is 3. The third kappa shape index (κ3) is 3.37. The molecule has 1 fully saturated rings. The van der Waals surface area contributed by atoms with E-state index in [4.69, 9.17) is 4.52 Å². The van der Waals surface area contributed by atoms with Crippen LogP contribution in [0.2, 0.25) is 0 Å². The fourth-order valence-electron chi connectivity index (χ4n) is 2.78. The molecule has 0 aliphatic heterocycles. The molecule has 0 spiro atoms. The number of carbonyl (C=O) groups excluding carboxylic acids is 1. The molecule has 0 saturated heterocycles. The molecule has 2 atom stereocenters. The quantitative estimate of drug-likeness (QED) is 0.753. The Morgan fingerprint density at radius 3 is 2.52 bits per heavy atom. The van der Waals surface area contributed by atoms with Crippen LogP contribution in [0.15, 0.2) is 21.7 Å². The van der Waals surface area contributed by atoms with Crippen LogP contribution in [0.1, 0.15) is 53.0 Å². The maximum absolute atomic E-state index is 12.8. The molecule has 2 aromatic heterocycles. The molecular formula is C16H15F3N2O3S. The fourth-order valence-corrected chi connectivity index (χ4v) is 3.46. The topological polar surface area (TPSA) is 73.1 Å². The second-order valence-corrected chi connectivity index (χ2v) is 7.27. The lowest BCUT2D eigenvalue weighted by atomic mass is 9.91. The summed E-state index contributed by atoms with van der Waals surface area (Å²) in [5, 5.41) is 3.97. The summed E-state index contributed by atoms with van der Waals surface area (Å²) in [6, 6.07) is 2.07. The van der Waals surface area contributed by atoms with Crippen LogP contribution in [0.25, 0.3) is 0 Å². The predicted molar refractivity (Wildman–Crippen MR) is 82.7 cm³/mol. The monoisotopic (exact) mass is 372 g/mol. The summed E-state index contributed by atoms with van der Waals surface area (Å²) in [5.74, 6) is -0.331. The van der Waals surface area contributed by atoms with Crippen molar-refractivity contribution < 1.29 is 26.7 Å². The highest BCUT2D eigenvalue weighted by Crippen LogP contribution is 2.46. The molecule has 1 aliphatic carbocycles. The molecule has 0 amide bonds. The second-order valence-electron chi connectivity index (χ2n) is 5.98. The summed E-state index contributed by atoms with van der Waals surface area (Å²) in [6.07, 6.45) is -0.808. The van der Waals surface area contributed by atoms with Crippen LogP contribution in [-0.2, 0) is 21.8 Å². The Bertz CT molecular complexity index is 844. The molecule has 134 valence electrons. The number of alkyl halides is 3. The van der Waals surface area contributed by atoms with Crippen LogP contribution in [0, 0.1) is 6.92 Å². The van der Waals surface area contributed by atoms with Crippen molar-refractivity contribution in [2.45, 2.75) is 42.8 Å². The molecule has 0 bridgehead atoms. The van der Waals surface area contributed by atoms with Crippen molar-refractivity contribution in [3.63, 3.8) is 0 Å². The molecule has 0 N–H and O–H groups in total. The SMILES string of the molecule is Cc1nc(C(F)(F)F)ccc1C(C=O)c1c(S(C)=O)noc1C1CC1. The zero-order valence-electron chi connectivity index (χ0n) is 13.5. The molecule has 1 saturated carbocycles. The smallest absolute Gasteiger partial charge is 0.360 e. The van der Waals surface area contributed by atoms with Crippen LogP contribution in [-0.4, -0.2) is 26.9 Å². The van der Waals surface area contributed by atoms with E-state index in [1.165, 1.54) is 19.2 Å². The van der Waals surface area contributed by atoms with Gasteiger partial charge >= 0.3 is 6.18 Å². The number of rotatable bonds is 5. The highest BCUT2D eigenvalue weighted by molar-refractivity contribution is 7.84. The zero-order valence-corrected chi connectivity index (χ0v) is 14.3. The highest BCUT2D eigenvalue weighted by atomic mass is 32.2. The second kappa shape index (κ2) is 6.36. The van der Waals surface area contributed by atoms with Crippen LogP contribution in [0.5, 0.6) is 0 Å². The van der Waals surface area contributed by atoms with E-state index >= 15 is 0 Å². The van der Waals surface area contributed by atoms with Gasteiger partial charge in [0, 0.05) is 23.4 Å². The predicted octanol–water partition coefficient (Wildman–Crippen LogP) is 3.34. The summed E-state index contributed by atoms with van der Waals surface area (Å²) in [5.41, 5.74) is -0.226. The molecule has 5 nitrogen and oxygen atoms in total. The lowest BCUT2D eigenvalue weighted by Gasteiger charge is -2.15. The average molecular weight is 372 g/mol. The maximum Gasteiger partial charge on any atom is 0.433 e. The number of aryl methyl sites for hydroxylation is 1. The molecular weight excluding hydrogens is 357 g/mol. The summed E-state index contributed by atoms with van der Waals surface area (Å²) in [7, 11) is -1.49. The molecule has 0 aromatic carbocycles. The van der Waals surface area contributed by atoms with E-state index in [0.717, 1.165) is 18.9 Å². The molecule has 2 heterocycles. The molecule has 1 aliphatic rings. The zero-order chi connectivity index (χ0) is 18.4. The van der Waals surface area contributed by atoms with Gasteiger partial charge in [0.2, 0.25) is 0 Å². The molecule has 2 unspecified atom stereocenters. The van der Waals surface area contributed by atoms with E-state index in [1.807, 2.05) is 0 Å². The Morgan fingerprint density at radius 1 is 1.36 bits per heavy atom. The summed E-state index contributed by atoms with van der Waals surface area (Å²) in [4.78, 5) is 15.4. The molecule has 25 heavy (non-hydrogen) atoms. The molecule has 3 rings (SSSR count). The Hall–Kier alpha value is -2.03. The van der Waals surface area contributed by atoms with Gasteiger partial charge in [-0.15, -0.1) is 0 Å². The van der Waals surface area contributed by atoms with Gasteiger partial charge in [-0.05, 0) is 31.4 Å². The summed E-state index contributed by atoms with van der Waals surface area (Å²) >= 11 is 0. The van der Waals surface area contributed by atoms with Crippen molar-refractivity contribution in [1.82, 2.24) is 10.1 Å². The van der Waals surface area contributed by atoms with Crippen LogP contribution in [0.4, 0.5) is 13.2 Å². The number of hydrogen-bond acceptors (Lipinski definition) is 5. The van der Waals surface area contributed by atoms with E-state index in [2.05, 4.69) is 10.1 Å². The van der Waals surface area contributed by atoms with Crippen molar-refractivity contribution in [2.75, 3.05) is 6.26 Å². The highest BCUT2D eigenvalue weighted by Gasteiger charge is 2.38. The van der Waals surface area contributed by atoms with Gasteiger partial charge in [-0.3, -0.25) is 4.21 Å². The number of carbonyl (C=O) groups is 1. The minimum atomic E-state index is -4.56. The van der Waals surface area contributed by atoms with Gasteiger partial charge in [-0.1, -0.05) is 11.2 Å². The molecule has 9 heteroatoms. The van der Waals surface area contributed by atoms with E-state index in [9.17, 15) is 22.2 Å².